The lowest BCUT2D eigenvalue weighted by atomic mass is 10.1. The minimum atomic E-state index is -4.37. The summed E-state index contributed by atoms with van der Waals surface area (Å²) in [5.74, 6) is 0.810. The summed E-state index contributed by atoms with van der Waals surface area (Å²) in [7, 11) is 0. The van der Waals surface area contributed by atoms with Crippen molar-refractivity contribution in [2.24, 2.45) is 0 Å². The van der Waals surface area contributed by atoms with Crippen LogP contribution in [0.3, 0.4) is 0 Å². The van der Waals surface area contributed by atoms with E-state index in [0.29, 0.717) is 35.6 Å². The highest BCUT2D eigenvalue weighted by molar-refractivity contribution is 9.10. The van der Waals surface area contributed by atoms with E-state index in [-0.39, 0.29) is 12.1 Å². The van der Waals surface area contributed by atoms with Crippen molar-refractivity contribution in [3.63, 3.8) is 0 Å². The summed E-state index contributed by atoms with van der Waals surface area (Å²) in [6.07, 6.45) is -3.75. The van der Waals surface area contributed by atoms with E-state index in [9.17, 15) is 13.2 Å². The van der Waals surface area contributed by atoms with Gasteiger partial charge in [-0.2, -0.15) is 13.2 Å². The van der Waals surface area contributed by atoms with Crippen LogP contribution in [0.2, 0.25) is 0 Å². The molecule has 0 aliphatic carbocycles. The lowest BCUT2D eigenvalue weighted by Gasteiger charge is -2.25. The Hall–Kier alpha value is -0.950. The molecule has 112 valence electrons. The molecule has 0 aromatic heterocycles. The first-order valence-corrected chi connectivity index (χ1v) is 7.12. The second-order valence-electron chi connectivity index (χ2n) is 4.45. The zero-order valence-electron chi connectivity index (χ0n) is 10.9. The third kappa shape index (κ3) is 3.38. The van der Waals surface area contributed by atoms with Crippen molar-refractivity contribution < 1.29 is 22.6 Å². The van der Waals surface area contributed by atoms with Crippen LogP contribution in [0.4, 0.5) is 13.2 Å². The van der Waals surface area contributed by atoms with Gasteiger partial charge in [0.25, 0.3) is 0 Å². The third-order valence-electron chi connectivity index (χ3n) is 2.90. The predicted octanol–water partition coefficient (Wildman–Crippen LogP) is 3.82. The Balaban J connectivity index is 2.37. The van der Waals surface area contributed by atoms with E-state index in [4.69, 9.17) is 9.47 Å². The molecule has 1 aliphatic heterocycles. The molecule has 2 rings (SSSR count). The molecule has 0 radical (unpaired) electrons. The van der Waals surface area contributed by atoms with E-state index in [1.54, 1.807) is 0 Å². The van der Waals surface area contributed by atoms with Gasteiger partial charge in [0.15, 0.2) is 11.5 Å². The number of halogens is 4. The molecule has 0 bridgehead atoms. The van der Waals surface area contributed by atoms with Crippen LogP contribution in [0.25, 0.3) is 0 Å². The number of hydrogen-bond donors (Lipinski definition) is 1. The number of ether oxygens (including phenoxy) is 2. The van der Waals surface area contributed by atoms with Crippen LogP contribution < -0.4 is 14.8 Å². The summed E-state index contributed by atoms with van der Waals surface area (Å²) in [6.45, 7) is 2.84. The maximum absolute atomic E-state index is 13.2. The maximum Gasteiger partial charge on any atom is 0.407 e. The molecule has 1 aliphatic rings. The highest BCUT2D eigenvalue weighted by Crippen LogP contribution is 2.42. The van der Waals surface area contributed by atoms with E-state index >= 15 is 0 Å². The standard InChI is InChI=1S/C13H15BrF3NO2/c1-2-3-18-12(13(15,16)17)8-6-10-11(7-9(8)14)20-5-4-19-10/h6-7,12,18H,2-5H2,1H3. The van der Waals surface area contributed by atoms with Gasteiger partial charge in [0, 0.05) is 4.47 Å². The van der Waals surface area contributed by atoms with Crippen molar-refractivity contribution in [2.45, 2.75) is 25.6 Å². The van der Waals surface area contributed by atoms with Crippen molar-refractivity contribution in [3.8, 4) is 11.5 Å². The van der Waals surface area contributed by atoms with Crippen LogP contribution >= 0.6 is 15.9 Å². The van der Waals surface area contributed by atoms with Gasteiger partial charge >= 0.3 is 6.18 Å². The van der Waals surface area contributed by atoms with Crippen LogP contribution in [0.15, 0.2) is 16.6 Å². The zero-order chi connectivity index (χ0) is 14.8. The van der Waals surface area contributed by atoms with Gasteiger partial charge in [0.1, 0.15) is 19.3 Å². The molecular weight excluding hydrogens is 339 g/mol. The second kappa shape index (κ2) is 6.22. The molecular formula is C13H15BrF3NO2. The monoisotopic (exact) mass is 353 g/mol. The average Bonchev–Trinajstić information content (AvgIpc) is 2.38. The number of alkyl halides is 3. The first-order chi connectivity index (χ1) is 9.43. The van der Waals surface area contributed by atoms with Crippen molar-refractivity contribution in [1.82, 2.24) is 5.32 Å². The summed E-state index contributed by atoms with van der Waals surface area (Å²) in [6, 6.07) is 1.18. The Bertz CT molecular complexity index is 479. The van der Waals surface area contributed by atoms with Gasteiger partial charge in [-0.25, -0.2) is 0 Å². The van der Waals surface area contributed by atoms with Crippen LogP contribution in [-0.4, -0.2) is 25.9 Å². The van der Waals surface area contributed by atoms with E-state index < -0.39 is 12.2 Å². The molecule has 7 heteroatoms. The van der Waals surface area contributed by atoms with E-state index in [2.05, 4.69) is 21.2 Å². The van der Waals surface area contributed by atoms with Gasteiger partial charge in [-0.05, 0) is 30.7 Å². The summed E-state index contributed by atoms with van der Waals surface area (Å²) in [5.41, 5.74) is 0.107. The van der Waals surface area contributed by atoms with Crippen molar-refractivity contribution >= 4 is 15.9 Å². The molecule has 0 amide bonds. The quantitative estimate of drug-likeness (QED) is 0.892. The first-order valence-electron chi connectivity index (χ1n) is 6.32. The predicted molar refractivity (Wildman–Crippen MR) is 72.2 cm³/mol. The Labute approximate surface area is 123 Å². The molecule has 0 fully saturated rings. The van der Waals surface area contributed by atoms with Crippen molar-refractivity contribution in [2.75, 3.05) is 19.8 Å². The molecule has 0 saturated heterocycles. The Kier molecular flexibility index (Phi) is 4.80. The molecule has 1 aromatic carbocycles. The molecule has 1 N–H and O–H groups in total. The Morgan fingerprint density at radius 2 is 1.85 bits per heavy atom. The molecule has 1 heterocycles. The molecule has 1 atom stereocenters. The summed E-state index contributed by atoms with van der Waals surface area (Å²) < 4.78 is 50.6. The zero-order valence-corrected chi connectivity index (χ0v) is 12.5. The van der Waals surface area contributed by atoms with Crippen LogP contribution in [0.5, 0.6) is 11.5 Å². The van der Waals surface area contributed by atoms with Gasteiger partial charge in [-0.3, -0.25) is 0 Å². The van der Waals surface area contributed by atoms with Crippen LogP contribution in [-0.2, 0) is 0 Å². The molecule has 0 saturated carbocycles. The number of hydrogen-bond acceptors (Lipinski definition) is 3. The van der Waals surface area contributed by atoms with Crippen molar-refractivity contribution in [3.05, 3.63) is 22.2 Å². The van der Waals surface area contributed by atoms with Gasteiger partial charge in [-0.15, -0.1) is 0 Å². The summed E-state index contributed by atoms with van der Waals surface area (Å²) in [4.78, 5) is 0. The highest BCUT2D eigenvalue weighted by atomic mass is 79.9. The van der Waals surface area contributed by atoms with Gasteiger partial charge in [0.2, 0.25) is 0 Å². The number of fused-ring (bicyclic) bond motifs is 1. The second-order valence-corrected chi connectivity index (χ2v) is 5.30. The van der Waals surface area contributed by atoms with Crippen molar-refractivity contribution in [1.29, 1.82) is 0 Å². The largest absolute Gasteiger partial charge is 0.486 e. The van der Waals surface area contributed by atoms with Gasteiger partial charge in [0.05, 0.1) is 0 Å². The average molecular weight is 354 g/mol. The molecule has 1 unspecified atom stereocenters. The SMILES string of the molecule is CCCNC(c1cc2c(cc1Br)OCCO2)C(F)(F)F. The minimum Gasteiger partial charge on any atom is -0.486 e. The van der Waals surface area contributed by atoms with E-state index in [1.165, 1.54) is 12.1 Å². The number of benzene rings is 1. The smallest absolute Gasteiger partial charge is 0.407 e. The molecule has 1 aromatic rings. The number of rotatable bonds is 4. The highest BCUT2D eigenvalue weighted by Gasteiger charge is 2.41. The molecule has 0 spiro atoms. The molecule has 3 nitrogen and oxygen atoms in total. The first kappa shape index (κ1) is 15.4. The summed E-state index contributed by atoms with van der Waals surface area (Å²) >= 11 is 3.18. The van der Waals surface area contributed by atoms with E-state index in [0.717, 1.165) is 0 Å². The maximum atomic E-state index is 13.2. The fourth-order valence-corrected chi connectivity index (χ4v) is 2.54. The van der Waals surface area contributed by atoms with E-state index in [1.807, 2.05) is 6.92 Å². The third-order valence-corrected chi connectivity index (χ3v) is 3.59. The lowest BCUT2D eigenvalue weighted by molar-refractivity contribution is -0.157. The lowest BCUT2D eigenvalue weighted by Crippen LogP contribution is -2.35. The number of nitrogens with one attached hydrogen (secondary N) is 1. The van der Waals surface area contributed by atoms with Crippen LogP contribution in [0, 0.1) is 0 Å². The topological polar surface area (TPSA) is 30.5 Å². The summed E-state index contributed by atoms with van der Waals surface area (Å²) in [5, 5.41) is 2.52. The molecule has 20 heavy (non-hydrogen) atoms. The minimum absolute atomic E-state index is 0.107. The normalized spacial score (nSPS) is 16.1. The Morgan fingerprint density at radius 3 is 2.40 bits per heavy atom. The van der Waals surface area contributed by atoms with Crippen LogP contribution in [0.1, 0.15) is 24.9 Å². The van der Waals surface area contributed by atoms with Gasteiger partial charge in [-0.1, -0.05) is 22.9 Å². The Morgan fingerprint density at radius 1 is 1.25 bits per heavy atom. The fourth-order valence-electron chi connectivity index (χ4n) is 1.99. The fraction of sp³-hybridized carbons (Fsp3) is 0.538. The van der Waals surface area contributed by atoms with Gasteiger partial charge < -0.3 is 14.8 Å².